The van der Waals surface area contributed by atoms with Gasteiger partial charge in [0.2, 0.25) is 10.0 Å². The molecule has 0 saturated carbocycles. The number of hydrogen-bond acceptors (Lipinski definition) is 3. The van der Waals surface area contributed by atoms with Crippen LogP contribution in [0.1, 0.15) is 23.6 Å². The zero-order valence-electron chi connectivity index (χ0n) is 11.9. The van der Waals surface area contributed by atoms with E-state index in [1.807, 2.05) is 37.3 Å². The van der Waals surface area contributed by atoms with E-state index in [-0.39, 0.29) is 11.5 Å². The van der Waals surface area contributed by atoms with Gasteiger partial charge in [-0.15, -0.1) is 0 Å². The summed E-state index contributed by atoms with van der Waals surface area (Å²) in [4.78, 5) is 0.229. The lowest BCUT2D eigenvalue weighted by Crippen LogP contribution is -2.29. The van der Waals surface area contributed by atoms with Crippen LogP contribution in [-0.4, -0.2) is 20.1 Å². The molecule has 2 aromatic rings. The van der Waals surface area contributed by atoms with E-state index in [1.54, 1.807) is 24.3 Å². The summed E-state index contributed by atoms with van der Waals surface area (Å²) in [6.45, 7) is 1.82. The molecule has 0 radical (unpaired) electrons. The molecule has 0 aliphatic rings. The van der Waals surface area contributed by atoms with Crippen LogP contribution in [0.25, 0.3) is 0 Å². The summed E-state index contributed by atoms with van der Waals surface area (Å²) in [5.74, 6) is 0. The number of rotatable bonds is 6. The van der Waals surface area contributed by atoms with Crippen molar-refractivity contribution in [3.05, 3.63) is 65.7 Å². The second-order valence-electron chi connectivity index (χ2n) is 4.91. The Morgan fingerprint density at radius 1 is 1.05 bits per heavy atom. The highest BCUT2D eigenvalue weighted by molar-refractivity contribution is 7.89. The zero-order valence-corrected chi connectivity index (χ0v) is 12.7. The summed E-state index contributed by atoms with van der Waals surface area (Å²) >= 11 is 0. The number of aryl methyl sites for hydroxylation is 1. The van der Waals surface area contributed by atoms with E-state index >= 15 is 0 Å². The Hall–Kier alpha value is -1.69. The summed E-state index contributed by atoms with van der Waals surface area (Å²) in [6, 6.07) is 15.5. The molecule has 2 rings (SSSR count). The van der Waals surface area contributed by atoms with Crippen LogP contribution in [0.4, 0.5) is 0 Å². The Bertz CT molecular complexity index is 666. The Morgan fingerprint density at radius 3 is 2.24 bits per heavy atom. The van der Waals surface area contributed by atoms with Crippen molar-refractivity contribution < 1.29 is 13.5 Å². The minimum absolute atomic E-state index is 0.0873. The molecule has 0 aliphatic heterocycles. The van der Waals surface area contributed by atoms with Crippen molar-refractivity contribution in [2.24, 2.45) is 0 Å². The third-order valence-electron chi connectivity index (χ3n) is 3.25. The molecule has 2 N–H and O–H groups in total. The standard InChI is InChI=1S/C16H19NO3S/c1-13-7-9-15(10-8-13)21(19,20)17-16(11-12-18)14-5-3-2-4-6-14/h2-10,16-18H,11-12H2,1H3/t16-/m0/s1. The van der Waals surface area contributed by atoms with Gasteiger partial charge in [0.1, 0.15) is 0 Å². The molecule has 0 aliphatic carbocycles. The van der Waals surface area contributed by atoms with Crippen LogP contribution in [-0.2, 0) is 10.0 Å². The lowest BCUT2D eigenvalue weighted by molar-refractivity contribution is 0.272. The number of sulfonamides is 1. The monoisotopic (exact) mass is 305 g/mol. The number of hydrogen-bond donors (Lipinski definition) is 2. The van der Waals surface area contributed by atoms with E-state index in [4.69, 9.17) is 5.11 Å². The fraction of sp³-hybridized carbons (Fsp3) is 0.250. The first-order valence-corrected chi connectivity index (χ1v) is 8.26. The SMILES string of the molecule is Cc1ccc(S(=O)(=O)N[C@@H](CCO)c2ccccc2)cc1. The second-order valence-corrected chi connectivity index (χ2v) is 6.62. The molecule has 2 aromatic carbocycles. The molecule has 0 fully saturated rings. The minimum atomic E-state index is -3.61. The summed E-state index contributed by atoms with van der Waals surface area (Å²) in [5, 5.41) is 9.17. The van der Waals surface area contributed by atoms with Gasteiger partial charge in [0, 0.05) is 12.6 Å². The first-order valence-electron chi connectivity index (χ1n) is 6.78. The molecule has 5 heteroatoms. The maximum absolute atomic E-state index is 12.4. The molecule has 4 nitrogen and oxygen atoms in total. The van der Waals surface area contributed by atoms with Gasteiger partial charge in [0.05, 0.1) is 4.90 Å². The Labute approximate surface area is 125 Å². The van der Waals surface area contributed by atoms with Gasteiger partial charge in [0.15, 0.2) is 0 Å². The largest absolute Gasteiger partial charge is 0.396 e. The van der Waals surface area contributed by atoms with Crippen LogP contribution < -0.4 is 4.72 Å². The number of benzene rings is 2. The zero-order chi connectivity index (χ0) is 15.3. The van der Waals surface area contributed by atoms with Crippen molar-refractivity contribution in [2.75, 3.05) is 6.61 Å². The summed E-state index contributed by atoms with van der Waals surface area (Å²) < 4.78 is 27.5. The molecular formula is C16H19NO3S. The van der Waals surface area contributed by atoms with Crippen molar-refractivity contribution in [3.63, 3.8) is 0 Å². The molecule has 0 amide bonds. The van der Waals surface area contributed by atoms with Gasteiger partial charge >= 0.3 is 0 Å². The van der Waals surface area contributed by atoms with Crippen LogP contribution in [0.2, 0.25) is 0 Å². The van der Waals surface area contributed by atoms with Crippen molar-refractivity contribution in [2.45, 2.75) is 24.3 Å². The molecule has 0 spiro atoms. The molecule has 0 bridgehead atoms. The lowest BCUT2D eigenvalue weighted by atomic mass is 10.1. The number of aliphatic hydroxyl groups excluding tert-OH is 1. The van der Waals surface area contributed by atoms with Crippen LogP contribution >= 0.6 is 0 Å². The average Bonchev–Trinajstić information content (AvgIpc) is 2.48. The molecule has 0 heterocycles. The van der Waals surface area contributed by atoms with Gasteiger partial charge in [-0.2, -0.15) is 0 Å². The smallest absolute Gasteiger partial charge is 0.241 e. The summed E-state index contributed by atoms with van der Waals surface area (Å²) in [5.41, 5.74) is 1.84. The van der Waals surface area contributed by atoms with Gasteiger partial charge in [-0.1, -0.05) is 48.0 Å². The highest BCUT2D eigenvalue weighted by Crippen LogP contribution is 2.20. The fourth-order valence-electron chi connectivity index (χ4n) is 2.08. The Morgan fingerprint density at radius 2 is 1.67 bits per heavy atom. The maximum atomic E-state index is 12.4. The quantitative estimate of drug-likeness (QED) is 0.861. The van der Waals surface area contributed by atoms with E-state index in [0.29, 0.717) is 6.42 Å². The third kappa shape index (κ3) is 4.14. The number of nitrogens with one attached hydrogen (secondary N) is 1. The molecule has 1 atom stereocenters. The van der Waals surface area contributed by atoms with E-state index in [9.17, 15) is 8.42 Å². The van der Waals surface area contributed by atoms with E-state index < -0.39 is 16.1 Å². The molecule has 21 heavy (non-hydrogen) atoms. The van der Waals surface area contributed by atoms with Crippen molar-refractivity contribution in [1.29, 1.82) is 0 Å². The summed E-state index contributed by atoms with van der Waals surface area (Å²) in [7, 11) is -3.61. The predicted octanol–water partition coefficient (Wildman–Crippen LogP) is 2.40. The highest BCUT2D eigenvalue weighted by atomic mass is 32.2. The van der Waals surface area contributed by atoms with Gasteiger partial charge in [-0.3, -0.25) is 0 Å². The van der Waals surface area contributed by atoms with Crippen molar-refractivity contribution in [1.82, 2.24) is 4.72 Å². The van der Waals surface area contributed by atoms with Crippen LogP contribution in [0.3, 0.4) is 0 Å². The first kappa shape index (κ1) is 15.7. The number of aliphatic hydroxyl groups is 1. The average molecular weight is 305 g/mol. The van der Waals surface area contributed by atoms with E-state index in [2.05, 4.69) is 4.72 Å². The highest BCUT2D eigenvalue weighted by Gasteiger charge is 2.20. The van der Waals surface area contributed by atoms with Gasteiger partial charge < -0.3 is 5.11 Å². The van der Waals surface area contributed by atoms with Gasteiger partial charge in [-0.05, 0) is 31.0 Å². The molecule has 0 unspecified atom stereocenters. The third-order valence-corrected chi connectivity index (χ3v) is 4.74. The molecular weight excluding hydrogens is 286 g/mol. The topological polar surface area (TPSA) is 66.4 Å². The van der Waals surface area contributed by atoms with Crippen molar-refractivity contribution >= 4 is 10.0 Å². The van der Waals surface area contributed by atoms with Gasteiger partial charge in [0.25, 0.3) is 0 Å². The van der Waals surface area contributed by atoms with E-state index in [0.717, 1.165) is 11.1 Å². The second kappa shape index (κ2) is 6.85. The predicted molar refractivity (Wildman–Crippen MR) is 82.4 cm³/mol. The molecule has 112 valence electrons. The Balaban J connectivity index is 2.25. The normalized spacial score (nSPS) is 13.0. The maximum Gasteiger partial charge on any atom is 0.241 e. The minimum Gasteiger partial charge on any atom is -0.396 e. The van der Waals surface area contributed by atoms with Gasteiger partial charge in [-0.25, -0.2) is 13.1 Å². The lowest BCUT2D eigenvalue weighted by Gasteiger charge is -2.18. The molecule has 0 aromatic heterocycles. The Kier molecular flexibility index (Phi) is 5.12. The first-order chi connectivity index (χ1) is 10.0. The van der Waals surface area contributed by atoms with Crippen molar-refractivity contribution in [3.8, 4) is 0 Å². The van der Waals surface area contributed by atoms with Crippen LogP contribution in [0.5, 0.6) is 0 Å². The fourth-order valence-corrected chi connectivity index (χ4v) is 3.34. The van der Waals surface area contributed by atoms with Crippen LogP contribution in [0.15, 0.2) is 59.5 Å². The summed E-state index contributed by atoms with van der Waals surface area (Å²) in [6.07, 6.45) is 0.328. The van der Waals surface area contributed by atoms with E-state index in [1.165, 1.54) is 0 Å². The van der Waals surface area contributed by atoms with Crippen LogP contribution in [0, 0.1) is 6.92 Å². The molecule has 0 saturated heterocycles.